The van der Waals surface area contributed by atoms with Crippen LogP contribution in [0.3, 0.4) is 0 Å². The Bertz CT molecular complexity index is 1100. The second-order valence-corrected chi connectivity index (χ2v) is 15.2. The van der Waals surface area contributed by atoms with Crippen LogP contribution in [-0.4, -0.2) is 41.0 Å². The predicted molar refractivity (Wildman–Crippen MR) is 225 cm³/mol. The van der Waals surface area contributed by atoms with Crippen LogP contribution in [0.1, 0.15) is 181 Å². The number of carbonyl (C=O) groups is 2. The first kappa shape index (κ1) is 51.5. The highest BCUT2D eigenvalue weighted by Gasteiger charge is 2.22. The first-order valence-electron chi connectivity index (χ1n) is 21.2. The topological polar surface area (TPSA) is 119 Å². The van der Waals surface area contributed by atoms with Crippen LogP contribution in [-0.2, 0) is 28.2 Å². The van der Waals surface area contributed by atoms with Crippen molar-refractivity contribution in [2.45, 2.75) is 187 Å². The molecular formula is C45H77O8P. The maximum atomic E-state index is 12.4. The number of esters is 2. The molecule has 1 unspecified atom stereocenters. The van der Waals surface area contributed by atoms with Gasteiger partial charge < -0.3 is 19.3 Å². The van der Waals surface area contributed by atoms with Crippen molar-refractivity contribution < 1.29 is 37.9 Å². The highest BCUT2D eigenvalue weighted by Crippen LogP contribution is 2.36. The van der Waals surface area contributed by atoms with Crippen LogP contribution in [0.5, 0.6) is 0 Å². The molecule has 8 nitrogen and oxygen atoms in total. The monoisotopic (exact) mass is 777 g/mol. The SMILES string of the molecule is CC/C=C\C/C=C\C/C=C\C/C=C\CCCCC(=O)OC(COC(=O)CCCCCCCCCCC/C=C\C/C=C\CCCCCCC)COP(=O)(O)O. The lowest BCUT2D eigenvalue weighted by molar-refractivity contribution is -0.161. The highest BCUT2D eigenvalue weighted by atomic mass is 31.2. The number of unbranched alkanes of at least 4 members (excludes halogenated alkanes) is 16. The lowest BCUT2D eigenvalue weighted by atomic mass is 10.1. The number of phosphoric ester groups is 1. The fourth-order valence-electron chi connectivity index (χ4n) is 5.57. The Balaban J connectivity index is 3.96. The van der Waals surface area contributed by atoms with E-state index < -0.39 is 32.5 Å². The number of ether oxygens (including phenoxy) is 2. The van der Waals surface area contributed by atoms with Crippen LogP contribution >= 0.6 is 7.82 Å². The molecule has 0 aliphatic heterocycles. The summed E-state index contributed by atoms with van der Waals surface area (Å²) in [5.41, 5.74) is 0. The Morgan fingerprint density at radius 2 is 0.889 bits per heavy atom. The van der Waals surface area contributed by atoms with Gasteiger partial charge in [0.2, 0.25) is 0 Å². The molecule has 0 fully saturated rings. The van der Waals surface area contributed by atoms with Gasteiger partial charge in [-0.3, -0.25) is 14.1 Å². The van der Waals surface area contributed by atoms with Gasteiger partial charge in [0.05, 0.1) is 6.61 Å². The van der Waals surface area contributed by atoms with Crippen molar-refractivity contribution in [1.82, 2.24) is 0 Å². The molecular weight excluding hydrogens is 699 g/mol. The minimum atomic E-state index is -4.77. The van der Waals surface area contributed by atoms with Crippen molar-refractivity contribution in [3.63, 3.8) is 0 Å². The number of hydrogen-bond acceptors (Lipinski definition) is 6. The molecule has 0 spiro atoms. The van der Waals surface area contributed by atoms with E-state index >= 15 is 0 Å². The first-order valence-corrected chi connectivity index (χ1v) is 22.8. The summed E-state index contributed by atoms with van der Waals surface area (Å²) in [4.78, 5) is 42.8. The highest BCUT2D eigenvalue weighted by molar-refractivity contribution is 7.46. The van der Waals surface area contributed by atoms with Crippen LogP contribution < -0.4 is 0 Å². The Morgan fingerprint density at radius 1 is 0.500 bits per heavy atom. The molecule has 9 heteroatoms. The van der Waals surface area contributed by atoms with Crippen LogP contribution in [0.4, 0.5) is 0 Å². The van der Waals surface area contributed by atoms with Gasteiger partial charge in [-0.2, -0.15) is 0 Å². The third-order valence-electron chi connectivity index (χ3n) is 8.71. The van der Waals surface area contributed by atoms with Gasteiger partial charge in [-0.1, -0.05) is 157 Å². The summed E-state index contributed by atoms with van der Waals surface area (Å²) in [6, 6.07) is 0. The van der Waals surface area contributed by atoms with Crippen molar-refractivity contribution in [2.75, 3.05) is 13.2 Å². The largest absolute Gasteiger partial charge is 0.469 e. The molecule has 2 N–H and O–H groups in total. The van der Waals surface area contributed by atoms with Gasteiger partial charge >= 0.3 is 19.8 Å². The van der Waals surface area contributed by atoms with E-state index in [1.807, 2.05) is 0 Å². The van der Waals surface area contributed by atoms with E-state index in [1.165, 1.54) is 70.6 Å². The van der Waals surface area contributed by atoms with Crippen molar-refractivity contribution in [2.24, 2.45) is 0 Å². The summed E-state index contributed by atoms with van der Waals surface area (Å²) >= 11 is 0. The van der Waals surface area contributed by atoms with E-state index in [0.29, 0.717) is 12.8 Å². The second-order valence-electron chi connectivity index (χ2n) is 13.9. The van der Waals surface area contributed by atoms with Gasteiger partial charge in [0.15, 0.2) is 6.10 Å². The van der Waals surface area contributed by atoms with Crippen LogP contribution in [0.15, 0.2) is 72.9 Å². The molecule has 0 aliphatic rings. The standard InChI is InChI=1S/C45H77O8P/c1-3-5-7-9-11-13-15-17-19-20-21-22-23-24-26-27-29-31-33-35-37-39-44(46)51-41-43(42-52-54(48,49)50)53-45(47)40-38-36-34-32-30-28-25-18-16-14-12-10-8-6-4-2/h6,8,12,14-15,17-18,20-21,25,30,32,43H,3-5,7,9-11,13,16,19,22-24,26-29,31,33-42H2,1-2H3,(H2,48,49,50)/b8-6-,14-12-,17-15-,21-20-,25-18-,32-30-. The van der Waals surface area contributed by atoms with Gasteiger partial charge in [-0.05, 0) is 83.5 Å². The van der Waals surface area contributed by atoms with E-state index in [0.717, 1.165) is 70.6 Å². The maximum Gasteiger partial charge on any atom is 0.469 e. The molecule has 0 aromatic carbocycles. The minimum Gasteiger partial charge on any atom is -0.462 e. The van der Waals surface area contributed by atoms with E-state index in [2.05, 4.69) is 91.3 Å². The summed E-state index contributed by atoms with van der Waals surface area (Å²) in [5, 5.41) is 0. The van der Waals surface area contributed by atoms with Crippen molar-refractivity contribution >= 4 is 19.8 Å². The van der Waals surface area contributed by atoms with Gasteiger partial charge in [-0.15, -0.1) is 0 Å². The first-order chi connectivity index (χ1) is 26.3. The van der Waals surface area contributed by atoms with Gasteiger partial charge in [-0.25, -0.2) is 4.57 Å². The average Bonchev–Trinajstić information content (AvgIpc) is 3.14. The quantitative estimate of drug-likeness (QED) is 0.0275. The predicted octanol–water partition coefficient (Wildman–Crippen LogP) is 13.1. The second kappa shape index (κ2) is 40.2. The number of carbonyl (C=O) groups excluding carboxylic acids is 2. The fourth-order valence-corrected chi connectivity index (χ4v) is 5.93. The zero-order valence-electron chi connectivity index (χ0n) is 34.1. The van der Waals surface area contributed by atoms with Crippen LogP contribution in [0.25, 0.3) is 0 Å². The van der Waals surface area contributed by atoms with E-state index in [9.17, 15) is 14.2 Å². The molecule has 0 aromatic heterocycles. The van der Waals surface area contributed by atoms with Gasteiger partial charge in [0.1, 0.15) is 6.61 Å². The molecule has 0 saturated carbocycles. The summed E-state index contributed by atoms with van der Waals surface area (Å²) in [6.07, 6.45) is 52.0. The van der Waals surface area contributed by atoms with Crippen molar-refractivity contribution in [3.8, 4) is 0 Å². The molecule has 0 saturated heterocycles. The molecule has 0 aromatic rings. The van der Waals surface area contributed by atoms with Crippen molar-refractivity contribution in [3.05, 3.63) is 72.9 Å². The maximum absolute atomic E-state index is 12.4. The normalized spacial score (nSPS) is 13.2. The Kier molecular flexibility index (Phi) is 38.3. The third-order valence-corrected chi connectivity index (χ3v) is 9.19. The van der Waals surface area contributed by atoms with Crippen molar-refractivity contribution in [1.29, 1.82) is 0 Å². The van der Waals surface area contributed by atoms with E-state index in [-0.39, 0.29) is 19.4 Å². The minimum absolute atomic E-state index is 0.155. The number of phosphoric acid groups is 1. The number of rotatable bonds is 38. The van der Waals surface area contributed by atoms with Gasteiger partial charge in [0, 0.05) is 12.8 Å². The van der Waals surface area contributed by atoms with E-state index in [1.54, 1.807) is 0 Å². The Morgan fingerprint density at radius 3 is 1.37 bits per heavy atom. The molecule has 1 atom stereocenters. The zero-order chi connectivity index (χ0) is 39.6. The number of allylic oxidation sites excluding steroid dienone is 12. The third kappa shape index (κ3) is 42.2. The summed E-state index contributed by atoms with van der Waals surface area (Å²) < 4.78 is 26.3. The molecule has 0 rings (SSSR count). The van der Waals surface area contributed by atoms with Crippen LogP contribution in [0.2, 0.25) is 0 Å². The lowest BCUT2D eigenvalue weighted by Gasteiger charge is -2.18. The molecule has 0 aliphatic carbocycles. The summed E-state index contributed by atoms with van der Waals surface area (Å²) in [6.45, 7) is 3.52. The molecule has 0 radical (unpaired) electrons. The molecule has 0 heterocycles. The molecule has 310 valence electrons. The zero-order valence-corrected chi connectivity index (χ0v) is 35.0. The fraction of sp³-hybridized carbons (Fsp3) is 0.689. The summed E-state index contributed by atoms with van der Waals surface area (Å²) in [7, 11) is -4.77. The Hall–Kier alpha value is -2.51. The lowest BCUT2D eigenvalue weighted by Crippen LogP contribution is -2.29. The van der Waals surface area contributed by atoms with Crippen LogP contribution in [0, 0.1) is 0 Å². The average molecular weight is 777 g/mol. The smallest absolute Gasteiger partial charge is 0.462 e. The molecule has 0 amide bonds. The molecule has 0 bridgehead atoms. The van der Waals surface area contributed by atoms with E-state index in [4.69, 9.17) is 19.3 Å². The molecule has 54 heavy (non-hydrogen) atoms. The summed E-state index contributed by atoms with van der Waals surface area (Å²) in [5.74, 6) is -0.942. The Labute approximate surface area is 329 Å². The van der Waals surface area contributed by atoms with Gasteiger partial charge in [0.25, 0.3) is 0 Å². The number of hydrogen-bond donors (Lipinski definition) is 2.